The van der Waals surface area contributed by atoms with Gasteiger partial charge in [-0.3, -0.25) is 4.79 Å². The molecule has 4 aliphatic carbocycles. The molecule has 6 atom stereocenters. The molecule has 0 spiro atoms. The largest absolute Gasteiger partial charge is 0.481 e. The van der Waals surface area contributed by atoms with Crippen molar-refractivity contribution < 1.29 is 20.1 Å². The van der Waals surface area contributed by atoms with E-state index in [-0.39, 0.29) is 28.5 Å². The van der Waals surface area contributed by atoms with E-state index in [1.54, 1.807) is 5.57 Å². The molecule has 0 aromatic carbocycles. The van der Waals surface area contributed by atoms with Crippen molar-refractivity contribution in [3.05, 3.63) is 34.9 Å². The van der Waals surface area contributed by atoms with Crippen LogP contribution in [0.2, 0.25) is 0 Å². The highest BCUT2D eigenvalue weighted by atomic mass is 16.4. The summed E-state index contributed by atoms with van der Waals surface area (Å²) in [6.45, 7) is 19.2. The first-order valence-electron chi connectivity index (χ1n) is 13.8. The van der Waals surface area contributed by atoms with Gasteiger partial charge in [0.25, 0.3) is 5.97 Å². The van der Waals surface area contributed by atoms with E-state index in [1.807, 2.05) is 0 Å². The Morgan fingerprint density at radius 2 is 1.77 bits per heavy atom. The summed E-state index contributed by atoms with van der Waals surface area (Å²) in [6.07, 6.45) is 11.7. The Labute approximate surface area is 213 Å². The second kappa shape index (κ2) is 10.2. The van der Waals surface area contributed by atoms with Crippen molar-refractivity contribution in [1.29, 1.82) is 0 Å². The van der Waals surface area contributed by atoms with Crippen molar-refractivity contribution >= 4 is 5.97 Å². The zero-order chi connectivity index (χ0) is 26.3. The van der Waals surface area contributed by atoms with Crippen LogP contribution in [-0.2, 0) is 4.79 Å². The third kappa shape index (κ3) is 5.07. The number of carboxylic acid groups (broad SMARTS) is 1. The number of carboxylic acids is 1. The average molecular weight is 487 g/mol. The van der Waals surface area contributed by atoms with Crippen LogP contribution in [-0.4, -0.2) is 33.5 Å². The van der Waals surface area contributed by atoms with Crippen molar-refractivity contribution in [2.45, 2.75) is 118 Å². The van der Waals surface area contributed by atoms with Crippen molar-refractivity contribution in [3.63, 3.8) is 0 Å². The number of aliphatic carboxylic acids is 1. The van der Waals surface area contributed by atoms with Gasteiger partial charge >= 0.3 is 0 Å². The van der Waals surface area contributed by atoms with E-state index in [9.17, 15) is 10.2 Å². The van der Waals surface area contributed by atoms with Gasteiger partial charge in [0.05, 0.1) is 12.2 Å². The molecule has 198 valence electrons. The molecule has 4 aliphatic rings. The van der Waals surface area contributed by atoms with E-state index in [2.05, 4.69) is 54.2 Å². The summed E-state index contributed by atoms with van der Waals surface area (Å²) in [4.78, 5) is 9.00. The number of carbonyl (C=O) groups is 1. The molecule has 0 aromatic rings. The predicted octanol–water partition coefficient (Wildman–Crippen LogP) is 7.07. The lowest BCUT2D eigenvalue weighted by Crippen LogP contribution is -2.55. The first-order valence-corrected chi connectivity index (χ1v) is 13.8. The van der Waals surface area contributed by atoms with Crippen molar-refractivity contribution in [1.82, 2.24) is 0 Å². The Morgan fingerprint density at radius 3 is 2.37 bits per heavy atom. The Kier molecular flexibility index (Phi) is 8.19. The molecule has 4 nitrogen and oxygen atoms in total. The summed E-state index contributed by atoms with van der Waals surface area (Å²) in [6, 6.07) is 0. The van der Waals surface area contributed by atoms with Gasteiger partial charge in [0, 0.05) is 6.92 Å². The van der Waals surface area contributed by atoms with Gasteiger partial charge < -0.3 is 15.3 Å². The summed E-state index contributed by atoms with van der Waals surface area (Å²) in [5, 5.41) is 29.8. The van der Waals surface area contributed by atoms with Crippen LogP contribution >= 0.6 is 0 Å². The van der Waals surface area contributed by atoms with Crippen molar-refractivity contribution in [2.75, 3.05) is 0 Å². The van der Waals surface area contributed by atoms with Crippen LogP contribution in [0.5, 0.6) is 0 Å². The third-order valence-electron chi connectivity index (χ3n) is 10.4. The maximum absolute atomic E-state index is 11.6. The number of fused-ring (bicyclic) bond motifs is 4. The highest BCUT2D eigenvalue weighted by Gasteiger charge is 2.59. The molecule has 35 heavy (non-hydrogen) atoms. The molecular weight excluding hydrogens is 436 g/mol. The molecular formula is C31H50O4. The molecule has 4 heteroatoms. The van der Waals surface area contributed by atoms with E-state index in [0.29, 0.717) is 17.8 Å². The number of allylic oxidation sites excluding steroid dienone is 4. The van der Waals surface area contributed by atoms with E-state index in [1.165, 1.54) is 29.6 Å². The molecule has 3 N–H and O–H groups in total. The summed E-state index contributed by atoms with van der Waals surface area (Å²) in [5.74, 6) is 0.828. The number of hydrogen-bond acceptors (Lipinski definition) is 3. The van der Waals surface area contributed by atoms with Crippen LogP contribution in [0.1, 0.15) is 106 Å². The molecule has 0 aromatic heterocycles. The van der Waals surface area contributed by atoms with Crippen LogP contribution in [0.3, 0.4) is 0 Å². The van der Waals surface area contributed by atoms with Gasteiger partial charge in [-0.25, -0.2) is 0 Å². The van der Waals surface area contributed by atoms with E-state index in [4.69, 9.17) is 9.90 Å². The second-order valence-electron chi connectivity index (χ2n) is 13.2. The molecule has 0 aliphatic heterocycles. The minimum atomic E-state index is -0.833. The maximum Gasteiger partial charge on any atom is 0.300 e. The molecule has 0 saturated heterocycles. The third-order valence-corrected chi connectivity index (χ3v) is 10.4. The summed E-state index contributed by atoms with van der Waals surface area (Å²) in [5.41, 5.74) is 5.84. The minimum absolute atomic E-state index is 0.0188. The molecule has 4 rings (SSSR count). The fourth-order valence-electron chi connectivity index (χ4n) is 8.20. The van der Waals surface area contributed by atoms with Crippen LogP contribution in [0.4, 0.5) is 0 Å². The van der Waals surface area contributed by atoms with Crippen LogP contribution in [0.15, 0.2) is 34.9 Å². The van der Waals surface area contributed by atoms with E-state index < -0.39 is 5.97 Å². The van der Waals surface area contributed by atoms with Crippen LogP contribution in [0.25, 0.3) is 0 Å². The molecule has 0 amide bonds. The molecule has 0 heterocycles. The standard InChI is InChI=1S/C29H46O2.C2H4O2/c1-18(2)19(3)9-8-10-20-11-13-22-21-12-14-24-27(4,5)25(31)15-16-28(24,6)26(21)23(30)17-29(20,22)7;1-2(3)4/h13,18,20,23-25,30-31H,3,8-12,14-17H2,1-2,4-7H3;1H3,(H,3,4)/t20-,23-,24?,25?,28?,29?;/m0./s1. The number of aliphatic hydroxyl groups excluding tert-OH is 2. The van der Waals surface area contributed by atoms with Crippen molar-refractivity contribution in [2.24, 2.45) is 34.0 Å². The Balaban J connectivity index is 0.000000795. The SMILES string of the molecule is C=C(CCC[C@H]1CC=C2C3=C([C@@H](O)CC21C)C1(C)CCC(O)C(C)(C)C1CC3)C(C)C.CC(=O)O. The molecule has 0 bridgehead atoms. The summed E-state index contributed by atoms with van der Waals surface area (Å²) in [7, 11) is 0. The highest BCUT2D eigenvalue weighted by molar-refractivity contribution is 5.63. The monoisotopic (exact) mass is 486 g/mol. The van der Waals surface area contributed by atoms with Gasteiger partial charge in [0.1, 0.15) is 0 Å². The quantitative estimate of drug-likeness (QED) is 0.363. The van der Waals surface area contributed by atoms with Crippen molar-refractivity contribution in [3.8, 4) is 0 Å². The van der Waals surface area contributed by atoms with E-state index in [0.717, 1.165) is 51.9 Å². The Hall–Kier alpha value is -1.39. The fraction of sp³-hybridized carbons (Fsp3) is 0.774. The van der Waals surface area contributed by atoms with Gasteiger partial charge in [0.2, 0.25) is 0 Å². The number of rotatable bonds is 5. The fourth-order valence-corrected chi connectivity index (χ4v) is 8.20. The molecule has 1 fully saturated rings. The Morgan fingerprint density at radius 1 is 1.14 bits per heavy atom. The highest BCUT2D eigenvalue weighted by Crippen LogP contribution is 2.66. The zero-order valence-corrected chi connectivity index (χ0v) is 23.3. The van der Waals surface area contributed by atoms with Gasteiger partial charge in [-0.2, -0.15) is 0 Å². The normalized spacial score (nSPS) is 37.5. The maximum atomic E-state index is 11.6. The zero-order valence-electron chi connectivity index (χ0n) is 23.3. The topological polar surface area (TPSA) is 77.8 Å². The first kappa shape index (κ1) is 28.2. The molecule has 4 unspecified atom stereocenters. The predicted molar refractivity (Wildman–Crippen MR) is 143 cm³/mol. The van der Waals surface area contributed by atoms with Crippen LogP contribution < -0.4 is 0 Å². The lowest BCUT2D eigenvalue weighted by molar-refractivity contribution is -0.134. The van der Waals surface area contributed by atoms with Gasteiger partial charge in [-0.05, 0) is 109 Å². The second-order valence-corrected chi connectivity index (χ2v) is 13.2. The smallest absolute Gasteiger partial charge is 0.300 e. The first-order chi connectivity index (χ1) is 16.2. The molecule has 0 radical (unpaired) electrons. The average Bonchev–Trinajstić information content (AvgIpc) is 3.06. The molecule has 1 saturated carbocycles. The van der Waals surface area contributed by atoms with Gasteiger partial charge in [-0.15, -0.1) is 0 Å². The lowest BCUT2D eigenvalue weighted by atomic mass is 9.46. The van der Waals surface area contributed by atoms with E-state index >= 15 is 0 Å². The van der Waals surface area contributed by atoms with Crippen LogP contribution in [0, 0.1) is 34.0 Å². The lowest BCUT2D eigenvalue weighted by Gasteiger charge is -2.60. The number of aliphatic hydroxyl groups is 2. The minimum Gasteiger partial charge on any atom is -0.481 e. The summed E-state index contributed by atoms with van der Waals surface area (Å²) < 4.78 is 0. The van der Waals surface area contributed by atoms with Gasteiger partial charge in [-0.1, -0.05) is 59.8 Å². The summed E-state index contributed by atoms with van der Waals surface area (Å²) >= 11 is 0. The number of hydrogen-bond donors (Lipinski definition) is 3. The Bertz CT molecular complexity index is 890. The van der Waals surface area contributed by atoms with Gasteiger partial charge in [0.15, 0.2) is 0 Å².